The summed E-state index contributed by atoms with van der Waals surface area (Å²) in [5.41, 5.74) is 3.10. The number of nitrogens with zero attached hydrogens (tertiary/aromatic N) is 4. The highest BCUT2D eigenvalue weighted by Gasteiger charge is 2.30. The molecule has 24 heavy (non-hydrogen) atoms. The van der Waals surface area contributed by atoms with Crippen LogP contribution < -0.4 is 9.91 Å². The third-order valence-electron chi connectivity index (χ3n) is 3.67. The van der Waals surface area contributed by atoms with Crippen LogP contribution >= 0.6 is 11.6 Å². The Kier molecular flexibility index (Phi) is 4.36. The lowest BCUT2D eigenvalue weighted by Gasteiger charge is -2.13. The van der Waals surface area contributed by atoms with E-state index >= 15 is 0 Å². The molecule has 0 bridgehead atoms. The molecule has 0 radical (unpaired) electrons. The molecule has 0 aromatic heterocycles. The Hall–Kier alpha value is -2.66. The number of rotatable bonds is 3. The first-order valence-electron chi connectivity index (χ1n) is 7.48. The number of anilines is 2. The molecule has 0 unspecified atom stereocenters. The second-order valence-corrected chi connectivity index (χ2v) is 6.04. The molecule has 0 aliphatic carbocycles. The molecular formula is C18H17ClN4O. The molecule has 0 fully saturated rings. The first kappa shape index (κ1) is 16.2. The number of carbonyl (C=O) groups is 1. The second kappa shape index (κ2) is 6.45. The fourth-order valence-corrected chi connectivity index (χ4v) is 2.57. The van der Waals surface area contributed by atoms with E-state index in [4.69, 9.17) is 11.6 Å². The van der Waals surface area contributed by atoms with Crippen molar-refractivity contribution in [2.45, 2.75) is 6.92 Å². The first-order valence-corrected chi connectivity index (χ1v) is 7.86. The summed E-state index contributed by atoms with van der Waals surface area (Å²) >= 11 is 6.30. The Morgan fingerprint density at radius 1 is 1.12 bits per heavy atom. The van der Waals surface area contributed by atoms with Crippen LogP contribution in [0.2, 0.25) is 5.02 Å². The standard InChI is InChI=1S/C18H17ClN4O/c1-12-17(18(24)23(21-12)13-7-5-4-6-8-13)20-16-10-9-14(22(2)3)11-15(16)19/h4-11H,1-3H3. The van der Waals surface area contributed by atoms with E-state index < -0.39 is 0 Å². The van der Waals surface area contributed by atoms with Crippen molar-refractivity contribution in [2.75, 3.05) is 24.0 Å². The van der Waals surface area contributed by atoms with Gasteiger partial charge < -0.3 is 4.90 Å². The monoisotopic (exact) mass is 340 g/mol. The predicted molar refractivity (Wildman–Crippen MR) is 99.9 cm³/mol. The van der Waals surface area contributed by atoms with Crippen molar-refractivity contribution < 1.29 is 4.79 Å². The van der Waals surface area contributed by atoms with Gasteiger partial charge in [0.15, 0.2) is 5.71 Å². The molecule has 1 aliphatic rings. The van der Waals surface area contributed by atoms with Gasteiger partial charge in [-0.25, -0.2) is 4.99 Å². The lowest BCUT2D eigenvalue weighted by Crippen LogP contribution is -2.27. The number of amides is 1. The summed E-state index contributed by atoms with van der Waals surface area (Å²) in [6, 6.07) is 14.8. The molecule has 0 N–H and O–H groups in total. The van der Waals surface area contributed by atoms with Crippen molar-refractivity contribution in [1.82, 2.24) is 0 Å². The van der Waals surface area contributed by atoms with Gasteiger partial charge in [0.2, 0.25) is 0 Å². The van der Waals surface area contributed by atoms with Crippen molar-refractivity contribution >= 4 is 46.0 Å². The van der Waals surface area contributed by atoms with Crippen LogP contribution in [0.5, 0.6) is 0 Å². The summed E-state index contributed by atoms with van der Waals surface area (Å²) in [6.45, 7) is 1.77. The van der Waals surface area contributed by atoms with Gasteiger partial charge in [-0.3, -0.25) is 4.79 Å². The highest BCUT2D eigenvalue weighted by atomic mass is 35.5. The van der Waals surface area contributed by atoms with Gasteiger partial charge in [0, 0.05) is 19.8 Å². The predicted octanol–water partition coefficient (Wildman–Crippen LogP) is 3.90. The number of carbonyl (C=O) groups excluding carboxylic acids is 1. The smallest absolute Gasteiger partial charge is 0.299 e. The van der Waals surface area contributed by atoms with Crippen molar-refractivity contribution in [3.63, 3.8) is 0 Å². The SMILES string of the molecule is CC1=NN(c2ccccc2)C(=O)C1=Nc1ccc(N(C)C)cc1Cl. The van der Waals surface area contributed by atoms with E-state index in [-0.39, 0.29) is 5.91 Å². The zero-order valence-corrected chi connectivity index (χ0v) is 14.4. The van der Waals surface area contributed by atoms with Gasteiger partial charge in [-0.15, -0.1) is 0 Å². The van der Waals surface area contributed by atoms with Gasteiger partial charge in [-0.2, -0.15) is 10.1 Å². The summed E-state index contributed by atoms with van der Waals surface area (Å²) in [5, 5.41) is 6.16. The van der Waals surface area contributed by atoms with E-state index in [1.807, 2.05) is 61.5 Å². The van der Waals surface area contributed by atoms with Crippen LogP contribution in [0, 0.1) is 0 Å². The summed E-state index contributed by atoms with van der Waals surface area (Å²) in [4.78, 5) is 19.0. The second-order valence-electron chi connectivity index (χ2n) is 5.63. The van der Waals surface area contributed by atoms with E-state index in [9.17, 15) is 4.79 Å². The molecule has 6 heteroatoms. The molecule has 0 saturated carbocycles. The minimum atomic E-state index is -0.258. The van der Waals surface area contributed by atoms with Gasteiger partial charge in [0.05, 0.1) is 22.1 Å². The molecule has 2 aromatic rings. The average Bonchev–Trinajstić information content (AvgIpc) is 2.85. The summed E-state index contributed by atoms with van der Waals surface area (Å²) in [6.07, 6.45) is 0. The molecule has 0 spiro atoms. The Morgan fingerprint density at radius 3 is 2.46 bits per heavy atom. The van der Waals surface area contributed by atoms with Crippen molar-refractivity contribution in [1.29, 1.82) is 0 Å². The van der Waals surface area contributed by atoms with E-state index in [0.29, 0.717) is 27.8 Å². The maximum atomic E-state index is 12.6. The summed E-state index contributed by atoms with van der Waals surface area (Å²) < 4.78 is 0. The van der Waals surface area contributed by atoms with Crippen molar-refractivity contribution in [2.24, 2.45) is 10.1 Å². The molecule has 3 rings (SSSR count). The van der Waals surface area contributed by atoms with Crippen molar-refractivity contribution in [3.05, 3.63) is 53.6 Å². The molecule has 0 atom stereocenters. The van der Waals surface area contributed by atoms with Crippen LogP contribution in [0.15, 0.2) is 58.6 Å². The summed E-state index contributed by atoms with van der Waals surface area (Å²) in [5.74, 6) is -0.258. The zero-order chi connectivity index (χ0) is 17.3. The maximum absolute atomic E-state index is 12.6. The van der Waals surface area contributed by atoms with Crippen LogP contribution in [-0.2, 0) is 4.79 Å². The molecule has 5 nitrogen and oxygen atoms in total. The number of para-hydroxylation sites is 1. The van der Waals surface area contributed by atoms with Crippen LogP contribution in [-0.4, -0.2) is 31.4 Å². The van der Waals surface area contributed by atoms with E-state index in [1.54, 1.807) is 13.0 Å². The lowest BCUT2D eigenvalue weighted by atomic mass is 10.2. The van der Waals surface area contributed by atoms with Crippen LogP contribution in [0.4, 0.5) is 17.1 Å². The van der Waals surface area contributed by atoms with E-state index in [1.165, 1.54) is 5.01 Å². The van der Waals surface area contributed by atoms with Gasteiger partial charge in [-0.1, -0.05) is 29.8 Å². The number of hydrogen-bond donors (Lipinski definition) is 0. The molecular weight excluding hydrogens is 324 g/mol. The Balaban J connectivity index is 1.94. The largest absolute Gasteiger partial charge is 0.378 e. The van der Waals surface area contributed by atoms with Gasteiger partial charge in [0.1, 0.15) is 0 Å². The summed E-state index contributed by atoms with van der Waals surface area (Å²) in [7, 11) is 3.87. The minimum absolute atomic E-state index is 0.258. The Morgan fingerprint density at radius 2 is 1.83 bits per heavy atom. The van der Waals surface area contributed by atoms with E-state index in [2.05, 4.69) is 10.1 Å². The zero-order valence-electron chi connectivity index (χ0n) is 13.7. The maximum Gasteiger partial charge on any atom is 0.299 e. The Labute approximate surface area is 145 Å². The molecule has 1 heterocycles. The molecule has 1 amide bonds. The number of aliphatic imine (C=N–C) groups is 1. The lowest BCUT2D eigenvalue weighted by molar-refractivity contribution is -0.112. The minimum Gasteiger partial charge on any atom is -0.378 e. The Bertz CT molecular complexity index is 843. The molecule has 1 aliphatic heterocycles. The van der Waals surface area contributed by atoms with Gasteiger partial charge in [-0.05, 0) is 37.3 Å². The van der Waals surface area contributed by atoms with Gasteiger partial charge in [0.25, 0.3) is 5.91 Å². The number of hydrazone groups is 1. The molecule has 0 saturated heterocycles. The van der Waals surface area contributed by atoms with Crippen LogP contribution in [0.3, 0.4) is 0 Å². The van der Waals surface area contributed by atoms with Crippen LogP contribution in [0.1, 0.15) is 6.92 Å². The first-order chi connectivity index (χ1) is 11.5. The number of benzene rings is 2. The molecule has 2 aromatic carbocycles. The fraction of sp³-hybridized carbons (Fsp3) is 0.167. The van der Waals surface area contributed by atoms with E-state index in [0.717, 1.165) is 5.69 Å². The average molecular weight is 341 g/mol. The third kappa shape index (κ3) is 3.03. The fourth-order valence-electron chi connectivity index (χ4n) is 2.36. The van der Waals surface area contributed by atoms with Crippen LogP contribution in [0.25, 0.3) is 0 Å². The third-order valence-corrected chi connectivity index (χ3v) is 3.97. The highest BCUT2D eigenvalue weighted by Crippen LogP contribution is 2.30. The molecule has 122 valence electrons. The van der Waals surface area contributed by atoms with Crippen molar-refractivity contribution in [3.8, 4) is 0 Å². The number of hydrogen-bond acceptors (Lipinski definition) is 4. The topological polar surface area (TPSA) is 48.3 Å². The number of halogens is 1. The highest BCUT2D eigenvalue weighted by molar-refractivity contribution is 6.71. The quantitative estimate of drug-likeness (QED) is 0.850. The van der Waals surface area contributed by atoms with Gasteiger partial charge >= 0.3 is 0 Å². The normalized spacial score (nSPS) is 15.8.